The third kappa shape index (κ3) is 4.08. The summed E-state index contributed by atoms with van der Waals surface area (Å²) < 4.78 is 25.4. The van der Waals surface area contributed by atoms with Crippen LogP contribution in [0.5, 0.6) is 11.5 Å². The Hall–Kier alpha value is -3.16. The quantitative estimate of drug-likeness (QED) is 0.510. The molecule has 0 spiro atoms. The molecule has 1 heterocycles. The fourth-order valence-corrected chi connectivity index (χ4v) is 4.23. The molecule has 4 rings (SSSR count). The van der Waals surface area contributed by atoms with Gasteiger partial charge in [-0.3, -0.25) is 14.9 Å². The molecule has 2 aromatic carbocycles. The summed E-state index contributed by atoms with van der Waals surface area (Å²) >= 11 is 0. The van der Waals surface area contributed by atoms with Crippen LogP contribution in [0.25, 0.3) is 0 Å². The predicted molar refractivity (Wildman–Crippen MR) is 109 cm³/mol. The van der Waals surface area contributed by atoms with Crippen molar-refractivity contribution in [2.24, 2.45) is 0 Å². The number of anilines is 1. The van der Waals surface area contributed by atoms with Crippen molar-refractivity contribution in [2.75, 3.05) is 18.6 Å². The number of hydrogen-bond donors (Lipinski definition) is 0. The Morgan fingerprint density at radius 3 is 2.60 bits per heavy atom. The lowest BCUT2D eigenvalue weighted by molar-refractivity contribution is -0.385. The van der Waals surface area contributed by atoms with E-state index in [1.54, 1.807) is 7.11 Å². The smallest absolute Gasteiger partial charge is 0.274 e. The van der Waals surface area contributed by atoms with E-state index >= 15 is 0 Å². The lowest BCUT2D eigenvalue weighted by Crippen LogP contribution is -2.24. The van der Waals surface area contributed by atoms with Gasteiger partial charge in [0.05, 0.1) is 29.9 Å². The second-order valence-electron chi connectivity index (χ2n) is 7.76. The van der Waals surface area contributed by atoms with Gasteiger partial charge in [0.2, 0.25) is 5.91 Å². The van der Waals surface area contributed by atoms with Gasteiger partial charge in [-0.2, -0.15) is 0 Å². The van der Waals surface area contributed by atoms with E-state index in [0.717, 1.165) is 43.4 Å². The Morgan fingerprint density at radius 1 is 1.13 bits per heavy atom. The summed E-state index contributed by atoms with van der Waals surface area (Å²) in [5.41, 5.74) is 0.744. The molecular formula is C22H23FN2O5. The van der Waals surface area contributed by atoms with Crippen molar-refractivity contribution in [3.05, 3.63) is 57.9 Å². The first kappa shape index (κ1) is 20.1. The molecule has 1 aliphatic carbocycles. The molecular weight excluding hydrogens is 391 g/mol. The Kier molecular flexibility index (Phi) is 5.57. The van der Waals surface area contributed by atoms with Crippen LogP contribution < -0.4 is 14.4 Å². The summed E-state index contributed by atoms with van der Waals surface area (Å²) in [6, 6.07) is 8.86. The minimum absolute atomic E-state index is 0.128. The summed E-state index contributed by atoms with van der Waals surface area (Å²) in [4.78, 5) is 24.4. The van der Waals surface area contributed by atoms with E-state index in [4.69, 9.17) is 9.47 Å². The van der Waals surface area contributed by atoms with Crippen LogP contribution in [-0.2, 0) is 4.79 Å². The number of methoxy groups -OCH3 is 1. The van der Waals surface area contributed by atoms with Crippen molar-refractivity contribution < 1.29 is 23.6 Å². The zero-order valence-corrected chi connectivity index (χ0v) is 16.7. The molecule has 2 aliphatic rings. The van der Waals surface area contributed by atoms with E-state index in [1.807, 2.05) is 18.2 Å². The highest BCUT2D eigenvalue weighted by Gasteiger charge is 2.33. The van der Waals surface area contributed by atoms with Gasteiger partial charge >= 0.3 is 0 Å². The van der Waals surface area contributed by atoms with Gasteiger partial charge in [0.25, 0.3) is 5.69 Å². The molecule has 1 atom stereocenters. The minimum atomic E-state index is -0.743. The number of amides is 1. The Bertz CT molecular complexity index is 974. The van der Waals surface area contributed by atoms with Crippen molar-refractivity contribution in [1.82, 2.24) is 0 Å². The topological polar surface area (TPSA) is 81.9 Å². The third-order valence-electron chi connectivity index (χ3n) is 5.77. The van der Waals surface area contributed by atoms with E-state index in [-0.39, 0.29) is 35.7 Å². The Morgan fingerprint density at radius 2 is 1.90 bits per heavy atom. The van der Waals surface area contributed by atoms with Crippen LogP contribution in [0.4, 0.5) is 15.8 Å². The van der Waals surface area contributed by atoms with Crippen LogP contribution in [0.3, 0.4) is 0 Å². The van der Waals surface area contributed by atoms with Gasteiger partial charge in [0, 0.05) is 24.9 Å². The second kappa shape index (κ2) is 8.30. The first-order valence-electron chi connectivity index (χ1n) is 10.0. The molecule has 1 saturated heterocycles. The van der Waals surface area contributed by atoms with E-state index in [0.29, 0.717) is 18.0 Å². The van der Waals surface area contributed by atoms with Crippen LogP contribution in [0.1, 0.15) is 43.6 Å². The number of ether oxygens (including phenoxy) is 2. The van der Waals surface area contributed by atoms with Gasteiger partial charge in [-0.1, -0.05) is 6.07 Å². The summed E-state index contributed by atoms with van der Waals surface area (Å²) in [6.07, 6.45) is 4.74. The molecule has 158 valence electrons. The lowest BCUT2D eigenvalue weighted by atomic mass is 9.98. The maximum atomic E-state index is 13.8. The van der Waals surface area contributed by atoms with E-state index in [2.05, 4.69) is 0 Å². The maximum absolute atomic E-state index is 13.8. The van der Waals surface area contributed by atoms with Crippen LogP contribution in [0.15, 0.2) is 36.4 Å². The first-order valence-corrected chi connectivity index (χ1v) is 10.0. The number of nitrogens with zero attached hydrogens (tertiary/aromatic N) is 2. The highest BCUT2D eigenvalue weighted by atomic mass is 19.1. The lowest BCUT2D eigenvalue weighted by Gasteiger charge is -2.19. The summed E-state index contributed by atoms with van der Waals surface area (Å²) in [5.74, 6) is 0.236. The largest absolute Gasteiger partial charge is 0.493 e. The number of non-ortho nitro benzene ring substituents is 1. The Balaban J connectivity index is 1.57. The zero-order valence-electron chi connectivity index (χ0n) is 16.7. The number of carbonyl (C=O) groups excluding carboxylic acids is 1. The molecule has 30 heavy (non-hydrogen) atoms. The van der Waals surface area contributed by atoms with Gasteiger partial charge in [0.1, 0.15) is 5.82 Å². The van der Waals surface area contributed by atoms with Crippen LogP contribution in [0, 0.1) is 15.9 Å². The standard InChI is InChI=1S/C22H23FN2O5/c1-29-20-7-6-14(8-21(20)30-19-4-2-3-5-19)15-9-22(26)24(13-15)17-10-16(23)11-18(12-17)25(27)28/h6-8,10-12,15,19H,2-5,9,13H2,1H3/t15-/m1/s1. The number of carbonyl (C=O) groups is 1. The van der Waals surface area contributed by atoms with Gasteiger partial charge in [0.15, 0.2) is 11.5 Å². The monoisotopic (exact) mass is 414 g/mol. The summed E-state index contributed by atoms with van der Waals surface area (Å²) in [7, 11) is 1.59. The molecule has 0 aromatic heterocycles. The maximum Gasteiger partial charge on any atom is 0.274 e. The van der Waals surface area contributed by atoms with Crippen molar-refractivity contribution in [3.63, 3.8) is 0 Å². The predicted octanol–water partition coefficient (Wildman–Crippen LogP) is 4.58. The average molecular weight is 414 g/mol. The molecule has 1 saturated carbocycles. The summed E-state index contributed by atoms with van der Waals surface area (Å²) in [5, 5.41) is 11.0. The van der Waals surface area contributed by atoms with Gasteiger partial charge in [-0.25, -0.2) is 4.39 Å². The number of nitro benzene ring substituents is 1. The van der Waals surface area contributed by atoms with Gasteiger partial charge in [-0.05, 0) is 49.4 Å². The molecule has 0 N–H and O–H groups in total. The van der Waals surface area contributed by atoms with E-state index in [9.17, 15) is 19.3 Å². The van der Waals surface area contributed by atoms with Gasteiger partial charge < -0.3 is 14.4 Å². The molecule has 0 bridgehead atoms. The van der Waals surface area contributed by atoms with Crippen molar-refractivity contribution in [2.45, 2.75) is 44.1 Å². The van der Waals surface area contributed by atoms with Crippen molar-refractivity contribution in [1.29, 1.82) is 0 Å². The van der Waals surface area contributed by atoms with Gasteiger partial charge in [-0.15, -0.1) is 0 Å². The SMILES string of the molecule is COc1ccc([C@@H]2CC(=O)N(c3cc(F)cc([N+](=O)[O-])c3)C2)cc1OC1CCCC1. The van der Waals surface area contributed by atoms with Crippen LogP contribution >= 0.6 is 0 Å². The highest BCUT2D eigenvalue weighted by Crippen LogP contribution is 2.38. The minimum Gasteiger partial charge on any atom is -0.493 e. The molecule has 0 radical (unpaired) electrons. The molecule has 2 fully saturated rings. The fraction of sp³-hybridized carbons (Fsp3) is 0.409. The normalized spacial score (nSPS) is 19.3. The molecule has 1 amide bonds. The molecule has 7 nitrogen and oxygen atoms in total. The average Bonchev–Trinajstić information content (AvgIpc) is 3.37. The van der Waals surface area contributed by atoms with Crippen LogP contribution in [0.2, 0.25) is 0 Å². The number of halogens is 1. The second-order valence-corrected chi connectivity index (χ2v) is 7.76. The zero-order chi connectivity index (χ0) is 21.3. The third-order valence-corrected chi connectivity index (χ3v) is 5.77. The molecule has 8 heteroatoms. The van der Waals surface area contributed by atoms with E-state index in [1.165, 1.54) is 11.0 Å². The van der Waals surface area contributed by atoms with Crippen LogP contribution in [-0.4, -0.2) is 30.6 Å². The number of hydrogen-bond acceptors (Lipinski definition) is 5. The number of benzene rings is 2. The summed E-state index contributed by atoms with van der Waals surface area (Å²) in [6.45, 7) is 0.314. The van der Waals surface area contributed by atoms with E-state index < -0.39 is 10.7 Å². The number of nitro groups is 1. The Labute approximate surface area is 173 Å². The first-order chi connectivity index (χ1) is 14.4. The fourth-order valence-electron chi connectivity index (χ4n) is 4.23. The van der Waals surface area contributed by atoms with Crippen molar-refractivity contribution >= 4 is 17.3 Å². The number of rotatable bonds is 6. The molecule has 2 aromatic rings. The highest BCUT2D eigenvalue weighted by molar-refractivity contribution is 5.96. The van der Waals surface area contributed by atoms with Crippen molar-refractivity contribution in [3.8, 4) is 11.5 Å². The molecule has 0 unspecified atom stereocenters. The molecule has 1 aliphatic heterocycles.